The molecular formula is C16H18ClNO2. The number of rotatable bonds is 6. The molecule has 0 aliphatic heterocycles. The van der Waals surface area contributed by atoms with Crippen LogP contribution in [0, 0.1) is 0 Å². The van der Waals surface area contributed by atoms with Crippen LogP contribution in [0.3, 0.4) is 0 Å². The van der Waals surface area contributed by atoms with E-state index in [0.29, 0.717) is 17.3 Å². The van der Waals surface area contributed by atoms with E-state index >= 15 is 0 Å². The fourth-order valence-electron chi connectivity index (χ4n) is 2.09. The third-order valence-corrected chi connectivity index (χ3v) is 3.50. The molecule has 106 valence electrons. The maximum Gasteiger partial charge on any atom is 0.340 e. The molecule has 0 fully saturated rings. The summed E-state index contributed by atoms with van der Waals surface area (Å²) in [5, 5.41) is 1.96. The average molecular weight is 292 g/mol. The van der Waals surface area contributed by atoms with Crippen molar-refractivity contribution in [3.8, 4) is 0 Å². The van der Waals surface area contributed by atoms with Crippen LogP contribution in [0.5, 0.6) is 0 Å². The largest absolute Gasteiger partial charge is 0.462 e. The number of carbonyl (C=O) groups is 1. The van der Waals surface area contributed by atoms with Gasteiger partial charge in [-0.05, 0) is 6.42 Å². The number of benzene rings is 1. The number of unbranched alkanes of at least 4 members (excludes halogenated alkanes) is 3. The first-order chi connectivity index (χ1) is 9.74. The van der Waals surface area contributed by atoms with Crippen molar-refractivity contribution in [2.45, 2.75) is 32.6 Å². The molecule has 0 bridgehead atoms. The Morgan fingerprint density at radius 1 is 1.20 bits per heavy atom. The number of pyridine rings is 1. The van der Waals surface area contributed by atoms with Gasteiger partial charge in [0.15, 0.2) is 0 Å². The van der Waals surface area contributed by atoms with E-state index in [1.54, 1.807) is 0 Å². The summed E-state index contributed by atoms with van der Waals surface area (Å²) in [5.41, 5.74) is 0.473. The first kappa shape index (κ1) is 14.8. The smallest absolute Gasteiger partial charge is 0.340 e. The van der Waals surface area contributed by atoms with Crippen LogP contribution >= 0.6 is 11.6 Å². The predicted octanol–water partition coefficient (Wildman–Crippen LogP) is 4.63. The first-order valence-electron chi connectivity index (χ1n) is 6.94. The van der Waals surface area contributed by atoms with Crippen molar-refractivity contribution in [2.75, 3.05) is 6.61 Å². The van der Waals surface area contributed by atoms with Gasteiger partial charge in [-0.25, -0.2) is 9.78 Å². The van der Waals surface area contributed by atoms with Crippen LogP contribution in [0.15, 0.2) is 30.5 Å². The molecule has 2 aromatic rings. The third kappa shape index (κ3) is 3.48. The summed E-state index contributed by atoms with van der Waals surface area (Å²) in [4.78, 5) is 16.1. The lowest BCUT2D eigenvalue weighted by Crippen LogP contribution is -2.07. The molecule has 1 heterocycles. The monoisotopic (exact) mass is 291 g/mol. The molecule has 3 nitrogen and oxygen atoms in total. The maximum atomic E-state index is 12.1. The summed E-state index contributed by atoms with van der Waals surface area (Å²) in [6.07, 6.45) is 5.81. The molecule has 4 heteroatoms. The summed E-state index contributed by atoms with van der Waals surface area (Å²) in [7, 11) is 0. The molecule has 2 rings (SSSR count). The SMILES string of the molecule is CCCCCCOC(=O)c1cnc(Cl)c2ccccc12. The van der Waals surface area contributed by atoms with Crippen molar-refractivity contribution in [3.63, 3.8) is 0 Å². The Bertz CT molecular complexity index is 598. The van der Waals surface area contributed by atoms with Gasteiger partial charge in [0.2, 0.25) is 0 Å². The Hall–Kier alpha value is -1.61. The number of nitrogens with zero attached hydrogens (tertiary/aromatic N) is 1. The lowest BCUT2D eigenvalue weighted by atomic mass is 10.1. The quantitative estimate of drug-likeness (QED) is 0.443. The van der Waals surface area contributed by atoms with Gasteiger partial charge < -0.3 is 4.74 Å². The van der Waals surface area contributed by atoms with E-state index in [0.717, 1.165) is 23.6 Å². The lowest BCUT2D eigenvalue weighted by molar-refractivity contribution is 0.0499. The molecule has 0 radical (unpaired) electrons. The number of hydrogen-bond acceptors (Lipinski definition) is 3. The van der Waals surface area contributed by atoms with Crippen molar-refractivity contribution in [1.29, 1.82) is 0 Å². The van der Waals surface area contributed by atoms with Crippen LogP contribution < -0.4 is 0 Å². The van der Waals surface area contributed by atoms with Crippen molar-refractivity contribution < 1.29 is 9.53 Å². The number of esters is 1. The zero-order chi connectivity index (χ0) is 14.4. The molecule has 0 aliphatic carbocycles. The standard InChI is InChI=1S/C16H18ClNO2/c1-2-3-4-7-10-20-16(19)14-11-18-15(17)13-9-6-5-8-12(13)14/h5-6,8-9,11H,2-4,7,10H2,1H3. The second kappa shape index (κ2) is 7.25. The molecule has 0 saturated carbocycles. The van der Waals surface area contributed by atoms with E-state index < -0.39 is 0 Å². The van der Waals surface area contributed by atoms with E-state index in [4.69, 9.17) is 16.3 Å². The number of ether oxygens (including phenoxy) is 1. The van der Waals surface area contributed by atoms with Gasteiger partial charge in [0.05, 0.1) is 12.2 Å². The van der Waals surface area contributed by atoms with Gasteiger partial charge in [0, 0.05) is 17.0 Å². The molecule has 0 amide bonds. The number of halogens is 1. The van der Waals surface area contributed by atoms with Gasteiger partial charge in [-0.1, -0.05) is 62.1 Å². The Labute approximate surface area is 123 Å². The van der Waals surface area contributed by atoms with E-state index in [2.05, 4.69) is 11.9 Å². The minimum Gasteiger partial charge on any atom is -0.462 e. The number of hydrogen-bond donors (Lipinski definition) is 0. The van der Waals surface area contributed by atoms with Gasteiger partial charge in [-0.15, -0.1) is 0 Å². The molecule has 0 N–H and O–H groups in total. The summed E-state index contributed by atoms with van der Waals surface area (Å²) in [6.45, 7) is 2.60. The molecule has 0 spiro atoms. The van der Waals surface area contributed by atoms with E-state index in [9.17, 15) is 4.79 Å². The van der Waals surface area contributed by atoms with Crippen molar-refractivity contribution in [1.82, 2.24) is 4.98 Å². The summed E-state index contributed by atoms with van der Waals surface area (Å²) < 4.78 is 5.30. The van der Waals surface area contributed by atoms with Crippen LogP contribution in [-0.4, -0.2) is 17.6 Å². The van der Waals surface area contributed by atoms with Crippen molar-refractivity contribution in [2.24, 2.45) is 0 Å². The fourth-order valence-corrected chi connectivity index (χ4v) is 2.31. The van der Waals surface area contributed by atoms with Gasteiger partial charge in [0.1, 0.15) is 5.15 Å². The Morgan fingerprint density at radius 2 is 1.95 bits per heavy atom. The molecule has 0 atom stereocenters. The Balaban J connectivity index is 2.09. The summed E-state index contributed by atoms with van der Waals surface area (Å²) >= 11 is 6.03. The van der Waals surface area contributed by atoms with Crippen LogP contribution in [-0.2, 0) is 4.74 Å². The lowest BCUT2D eigenvalue weighted by Gasteiger charge is -2.08. The van der Waals surface area contributed by atoms with Crippen molar-refractivity contribution in [3.05, 3.63) is 41.2 Å². The molecule has 20 heavy (non-hydrogen) atoms. The number of fused-ring (bicyclic) bond motifs is 1. The zero-order valence-corrected chi connectivity index (χ0v) is 12.3. The topological polar surface area (TPSA) is 39.2 Å². The normalized spacial score (nSPS) is 10.7. The highest BCUT2D eigenvalue weighted by Crippen LogP contribution is 2.24. The fraction of sp³-hybridized carbons (Fsp3) is 0.375. The van der Waals surface area contributed by atoms with Crippen LogP contribution in [0.1, 0.15) is 43.0 Å². The molecule has 1 aromatic carbocycles. The van der Waals surface area contributed by atoms with Crippen LogP contribution in [0.2, 0.25) is 5.15 Å². The van der Waals surface area contributed by atoms with Crippen LogP contribution in [0.25, 0.3) is 10.8 Å². The van der Waals surface area contributed by atoms with Gasteiger partial charge in [0.25, 0.3) is 0 Å². The predicted molar refractivity (Wildman–Crippen MR) is 81.2 cm³/mol. The first-order valence-corrected chi connectivity index (χ1v) is 7.32. The number of aromatic nitrogens is 1. The molecule has 1 aromatic heterocycles. The Morgan fingerprint density at radius 3 is 2.70 bits per heavy atom. The van der Waals surface area contributed by atoms with Crippen molar-refractivity contribution >= 4 is 28.3 Å². The summed E-state index contributed by atoms with van der Waals surface area (Å²) in [6, 6.07) is 7.45. The zero-order valence-electron chi connectivity index (χ0n) is 11.6. The van der Waals surface area contributed by atoms with E-state index in [1.807, 2.05) is 24.3 Å². The average Bonchev–Trinajstić information content (AvgIpc) is 2.47. The molecule has 0 unspecified atom stereocenters. The molecular weight excluding hydrogens is 274 g/mol. The molecule has 0 aliphatic rings. The highest BCUT2D eigenvalue weighted by Gasteiger charge is 2.13. The van der Waals surface area contributed by atoms with Crippen LogP contribution in [0.4, 0.5) is 0 Å². The van der Waals surface area contributed by atoms with Gasteiger partial charge >= 0.3 is 5.97 Å². The highest BCUT2D eigenvalue weighted by molar-refractivity contribution is 6.34. The van der Waals surface area contributed by atoms with E-state index in [1.165, 1.54) is 19.0 Å². The second-order valence-electron chi connectivity index (χ2n) is 4.70. The second-order valence-corrected chi connectivity index (χ2v) is 5.06. The summed E-state index contributed by atoms with van der Waals surface area (Å²) in [5.74, 6) is -0.332. The highest BCUT2D eigenvalue weighted by atomic mass is 35.5. The van der Waals surface area contributed by atoms with Gasteiger partial charge in [-0.3, -0.25) is 0 Å². The molecule has 0 saturated heterocycles. The minimum atomic E-state index is -0.332. The maximum absolute atomic E-state index is 12.1. The number of carbonyl (C=O) groups excluding carboxylic acids is 1. The van der Waals surface area contributed by atoms with Gasteiger partial charge in [-0.2, -0.15) is 0 Å². The minimum absolute atomic E-state index is 0.332. The van der Waals surface area contributed by atoms with E-state index in [-0.39, 0.29) is 5.97 Å². The third-order valence-electron chi connectivity index (χ3n) is 3.20. The Kier molecular flexibility index (Phi) is 5.36.